The zero-order valence-electron chi connectivity index (χ0n) is 10.9. The molecule has 0 unspecified atom stereocenters. The van der Waals surface area contributed by atoms with Crippen LogP contribution in [0.4, 0.5) is 0 Å². The lowest BCUT2D eigenvalue weighted by Crippen LogP contribution is -2.02. The number of carbonyl (C=O) groups excluding carboxylic acids is 1. The monoisotopic (exact) mass is 265 g/mol. The SMILES string of the molecule is CCCCc1noc(Cn2cc(C(=O)OC)nn2)n1. The highest BCUT2D eigenvalue weighted by atomic mass is 16.5. The number of hydrogen-bond donors (Lipinski definition) is 0. The van der Waals surface area contributed by atoms with E-state index >= 15 is 0 Å². The van der Waals surface area contributed by atoms with E-state index in [1.54, 1.807) is 0 Å². The number of methoxy groups -OCH3 is 1. The molecule has 19 heavy (non-hydrogen) atoms. The molecule has 102 valence electrons. The van der Waals surface area contributed by atoms with Crippen LogP contribution >= 0.6 is 0 Å². The van der Waals surface area contributed by atoms with E-state index in [4.69, 9.17) is 4.52 Å². The highest BCUT2D eigenvalue weighted by Crippen LogP contribution is 2.04. The largest absolute Gasteiger partial charge is 0.464 e. The van der Waals surface area contributed by atoms with E-state index in [0.717, 1.165) is 19.3 Å². The van der Waals surface area contributed by atoms with Gasteiger partial charge in [0.05, 0.1) is 13.3 Å². The minimum absolute atomic E-state index is 0.147. The molecule has 0 radical (unpaired) electrons. The normalized spacial score (nSPS) is 10.6. The first-order chi connectivity index (χ1) is 9.22. The molecule has 0 aromatic carbocycles. The molecule has 0 amide bonds. The van der Waals surface area contributed by atoms with Gasteiger partial charge in [0.15, 0.2) is 11.5 Å². The van der Waals surface area contributed by atoms with Crippen LogP contribution in [0, 0.1) is 0 Å². The molecule has 0 N–H and O–H groups in total. The average molecular weight is 265 g/mol. The number of rotatable bonds is 6. The lowest BCUT2D eigenvalue weighted by molar-refractivity contribution is 0.0594. The fraction of sp³-hybridized carbons (Fsp3) is 0.545. The standard InChI is InChI=1S/C11H15N5O3/c1-3-4-5-9-12-10(19-14-9)7-16-6-8(13-15-16)11(17)18-2/h6H,3-5,7H2,1-2H3. The van der Waals surface area contributed by atoms with Crippen molar-refractivity contribution >= 4 is 5.97 Å². The molecule has 2 aromatic heterocycles. The zero-order chi connectivity index (χ0) is 13.7. The van der Waals surface area contributed by atoms with Gasteiger partial charge >= 0.3 is 5.97 Å². The molecule has 0 saturated heterocycles. The highest BCUT2D eigenvalue weighted by molar-refractivity contribution is 5.86. The van der Waals surface area contributed by atoms with Crippen LogP contribution in [-0.4, -0.2) is 38.2 Å². The Bertz CT molecular complexity index is 548. The van der Waals surface area contributed by atoms with E-state index < -0.39 is 5.97 Å². The first-order valence-corrected chi connectivity index (χ1v) is 6.02. The van der Waals surface area contributed by atoms with E-state index in [1.807, 2.05) is 0 Å². The van der Waals surface area contributed by atoms with Gasteiger partial charge in [0.2, 0.25) is 5.89 Å². The topological polar surface area (TPSA) is 95.9 Å². The van der Waals surface area contributed by atoms with Gasteiger partial charge in [0.1, 0.15) is 6.54 Å². The second kappa shape index (κ2) is 6.07. The van der Waals surface area contributed by atoms with Crippen molar-refractivity contribution in [3.05, 3.63) is 23.6 Å². The molecular formula is C11H15N5O3. The van der Waals surface area contributed by atoms with E-state index in [9.17, 15) is 4.79 Å². The maximum absolute atomic E-state index is 11.2. The smallest absolute Gasteiger partial charge is 0.360 e. The minimum atomic E-state index is -0.527. The van der Waals surface area contributed by atoms with E-state index in [2.05, 4.69) is 32.1 Å². The van der Waals surface area contributed by atoms with E-state index in [-0.39, 0.29) is 12.2 Å². The van der Waals surface area contributed by atoms with Gasteiger partial charge in [0.25, 0.3) is 0 Å². The van der Waals surface area contributed by atoms with Gasteiger partial charge in [-0.25, -0.2) is 9.48 Å². The van der Waals surface area contributed by atoms with Crippen LogP contribution in [0.1, 0.15) is 42.0 Å². The predicted octanol–water partition coefficient (Wildman–Crippen LogP) is 0.839. The summed E-state index contributed by atoms with van der Waals surface area (Å²) in [5.41, 5.74) is 0.147. The quantitative estimate of drug-likeness (QED) is 0.714. The molecule has 0 atom stereocenters. The molecule has 8 heteroatoms. The molecule has 0 aliphatic rings. The fourth-order valence-electron chi connectivity index (χ4n) is 1.50. The Hall–Kier alpha value is -2.25. The van der Waals surface area contributed by atoms with Crippen LogP contribution in [0.3, 0.4) is 0 Å². The summed E-state index contributed by atoms with van der Waals surface area (Å²) in [6.45, 7) is 2.38. The van der Waals surface area contributed by atoms with Gasteiger partial charge in [-0.05, 0) is 6.42 Å². The molecular weight excluding hydrogens is 250 g/mol. The van der Waals surface area contributed by atoms with Gasteiger partial charge < -0.3 is 9.26 Å². The molecule has 2 heterocycles. The van der Waals surface area contributed by atoms with Crippen LogP contribution in [-0.2, 0) is 17.7 Å². The number of hydrogen-bond acceptors (Lipinski definition) is 7. The summed E-state index contributed by atoms with van der Waals surface area (Å²) in [7, 11) is 1.29. The number of nitrogens with zero attached hydrogens (tertiary/aromatic N) is 5. The molecule has 2 aromatic rings. The maximum Gasteiger partial charge on any atom is 0.360 e. The van der Waals surface area contributed by atoms with Crippen LogP contribution < -0.4 is 0 Å². The molecule has 0 aliphatic heterocycles. The van der Waals surface area contributed by atoms with Crippen molar-refractivity contribution in [2.24, 2.45) is 0 Å². The van der Waals surface area contributed by atoms with Crippen molar-refractivity contribution in [3.63, 3.8) is 0 Å². The number of aromatic nitrogens is 5. The van der Waals surface area contributed by atoms with Crippen molar-refractivity contribution in [3.8, 4) is 0 Å². The van der Waals surface area contributed by atoms with Crippen LogP contribution in [0.2, 0.25) is 0 Å². The summed E-state index contributed by atoms with van der Waals surface area (Å²) in [5.74, 6) is 0.595. The van der Waals surface area contributed by atoms with E-state index in [1.165, 1.54) is 18.0 Å². The zero-order valence-corrected chi connectivity index (χ0v) is 10.9. The molecule has 8 nitrogen and oxygen atoms in total. The summed E-state index contributed by atoms with van der Waals surface area (Å²) in [6, 6.07) is 0. The lowest BCUT2D eigenvalue weighted by Gasteiger charge is -1.93. The first-order valence-electron chi connectivity index (χ1n) is 6.02. The van der Waals surface area contributed by atoms with Gasteiger partial charge in [-0.15, -0.1) is 5.10 Å². The molecule has 2 rings (SSSR count). The maximum atomic E-state index is 11.2. The third-order valence-electron chi connectivity index (χ3n) is 2.49. The van der Waals surface area contributed by atoms with Crippen LogP contribution in [0.15, 0.2) is 10.7 Å². The van der Waals surface area contributed by atoms with Crippen molar-refractivity contribution in [2.45, 2.75) is 32.7 Å². The number of esters is 1. The average Bonchev–Trinajstić information content (AvgIpc) is 3.05. The first kappa shape index (κ1) is 13.2. The summed E-state index contributed by atoms with van der Waals surface area (Å²) >= 11 is 0. The highest BCUT2D eigenvalue weighted by Gasteiger charge is 2.12. The molecule has 0 saturated carbocycles. The lowest BCUT2D eigenvalue weighted by atomic mass is 10.2. The van der Waals surface area contributed by atoms with Crippen molar-refractivity contribution in [1.82, 2.24) is 25.1 Å². The number of unbranched alkanes of at least 4 members (excludes halogenated alkanes) is 1. The third-order valence-corrected chi connectivity index (χ3v) is 2.49. The fourth-order valence-corrected chi connectivity index (χ4v) is 1.50. The van der Waals surface area contributed by atoms with Crippen molar-refractivity contribution < 1.29 is 14.1 Å². The Morgan fingerprint density at radius 1 is 1.53 bits per heavy atom. The van der Waals surface area contributed by atoms with Crippen molar-refractivity contribution in [2.75, 3.05) is 7.11 Å². The Kier molecular flexibility index (Phi) is 4.22. The predicted molar refractivity (Wildman–Crippen MR) is 63.4 cm³/mol. The third kappa shape index (κ3) is 3.36. The Morgan fingerprint density at radius 3 is 3.11 bits per heavy atom. The molecule has 0 spiro atoms. The number of carbonyl (C=O) groups is 1. The van der Waals surface area contributed by atoms with Gasteiger partial charge in [-0.2, -0.15) is 4.98 Å². The summed E-state index contributed by atoms with van der Waals surface area (Å²) in [5, 5.41) is 11.3. The molecule has 0 aliphatic carbocycles. The van der Waals surface area contributed by atoms with E-state index in [0.29, 0.717) is 11.7 Å². The Morgan fingerprint density at radius 2 is 2.37 bits per heavy atom. The number of ether oxygens (including phenoxy) is 1. The second-order valence-electron chi connectivity index (χ2n) is 4.00. The van der Waals surface area contributed by atoms with Gasteiger partial charge in [-0.1, -0.05) is 23.7 Å². The van der Waals surface area contributed by atoms with Crippen LogP contribution in [0.25, 0.3) is 0 Å². The number of aryl methyl sites for hydroxylation is 1. The Balaban J connectivity index is 1.98. The Labute approximate surface area is 109 Å². The second-order valence-corrected chi connectivity index (χ2v) is 4.00. The summed E-state index contributed by atoms with van der Waals surface area (Å²) in [4.78, 5) is 15.4. The van der Waals surface area contributed by atoms with Crippen LogP contribution in [0.5, 0.6) is 0 Å². The van der Waals surface area contributed by atoms with Crippen molar-refractivity contribution in [1.29, 1.82) is 0 Å². The van der Waals surface area contributed by atoms with Gasteiger partial charge in [0, 0.05) is 6.42 Å². The van der Waals surface area contributed by atoms with Gasteiger partial charge in [-0.3, -0.25) is 0 Å². The molecule has 0 fully saturated rings. The minimum Gasteiger partial charge on any atom is -0.464 e. The summed E-state index contributed by atoms with van der Waals surface area (Å²) < 4.78 is 11.1. The summed E-state index contributed by atoms with van der Waals surface area (Å²) in [6.07, 6.45) is 4.37. The molecule has 0 bridgehead atoms.